The molecule has 0 amide bonds. The summed E-state index contributed by atoms with van der Waals surface area (Å²) in [5, 5.41) is 9.60. The molecule has 0 N–H and O–H groups in total. The number of fused-ring (bicyclic) bond motifs is 1. The van der Waals surface area contributed by atoms with Crippen molar-refractivity contribution < 1.29 is 4.42 Å². The van der Waals surface area contributed by atoms with Crippen molar-refractivity contribution in [2.75, 3.05) is 0 Å². The molecule has 0 aliphatic heterocycles. The first-order chi connectivity index (χ1) is 6.74. The lowest BCUT2D eigenvalue weighted by molar-refractivity contribution is 0.554. The first-order valence-corrected chi connectivity index (χ1v) is 4.16. The molecule has 0 spiro atoms. The molecule has 1 heterocycles. The van der Waals surface area contributed by atoms with E-state index in [2.05, 4.69) is 0 Å². The lowest BCUT2D eigenvalue weighted by Gasteiger charge is -2.00. The van der Waals surface area contributed by atoms with Crippen molar-refractivity contribution >= 4 is 11.0 Å². The zero-order chi connectivity index (χ0) is 10.1. The maximum absolute atomic E-state index is 11.3. The molecule has 3 nitrogen and oxygen atoms in total. The Balaban J connectivity index is 3.06. The Hall–Kier alpha value is -2.08. The van der Waals surface area contributed by atoms with Crippen LogP contribution in [0.25, 0.3) is 11.0 Å². The average Bonchev–Trinajstić information content (AvgIpc) is 2.20. The van der Waals surface area contributed by atoms with Crippen LogP contribution in [-0.4, -0.2) is 0 Å². The van der Waals surface area contributed by atoms with E-state index in [-0.39, 0.29) is 0 Å². The Labute approximate surface area is 80.2 Å². The maximum Gasteiger partial charge on any atom is 0.340 e. The summed E-state index contributed by atoms with van der Waals surface area (Å²) >= 11 is 0. The van der Waals surface area contributed by atoms with Crippen LogP contribution in [0.15, 0.2) is 33.5 Å². The molecule has 0 saturated carbocycles. The van der Waals surface area contributed by atoms with Gasteiger partial charge in [0.1, 0.15) is 11.7 Å². The van der Waals surface area contributed by atoms with Crippen molar-refractivity contribution in [1.29, 1.82) is 5.26 Å². The molecule has 0 aliphatic rings. The minimum absolute atomic E-state index is 0.367. The van der Waals surface area contributed by atoms with Crippen LogP contribution in [0.2, 0.25) is 0 Å². The van der Waals surface area contributed by atoms with Gasteiger partial charge in [-0.3, -0.25) is 0 Å². The van der Waals surface area contributed by atoms with Gasteiger partial charge in [-0.2, -0.15) is 5.26 Å². The van der Waals surface area contributed by atoms with Crippen LogP contribution < -0.4 is 5.63 Å². The van der Waals surface area contributed by atoms with Gasteiger partial charge in [0.2, 0.25) is 0 Å². The van der Waals surface area contributed by atoms with Crippen molar-refractivity contribution in [1.82, 2.24) is 0 Å². The Morgan fingerprint density at radius 1 is 1.36 bits per heavy atom. The first kappa shape index (κ1) is 8.52. The van der Waals surface area contributed by atoms with E-state index in [1.54, 1.807) is 25.1 Å². The third kappa shape index (κ3) is 1.09. The summed E-state index contributed by atoms with van der Waals surface area (Å²) in [5.74, 6) is 0. The summed E-state index contributed by atoms with van der Waals surface area (Å²) in [6.07, 6.45) is 0. The number of rotatable bonds is 0. The van der Waals surface area contributed by atoms with Crippen molar-refractivity contribution in [2.45, 2.75) is 6.92 Å². The second-order valence-corrected chi connectivity index (χ2v) is 3.00. The highest BCUT2D eigenvalue weighted by molar-refractivity contribution is 5.83. The monoisotopic (exact) mass is 185 g/mol. The summed E-state index contributed by atoms with van der Waals surface area (Å²) in [5.41, 5.74) is 0.781. The van der Waals surface area contributed by atoms with Gasteiger partial charge in [-0.15, -0.1) is 0 Å². The predicted molar refractivity (Wildman–Crippen MR) is 51.9 cm³/mol. The number of nitriles is 1. The van der Waals surface area contributed by atoms with Crippen LogP contribution >= 0.6 is 0 Å². The van der Waals surface area contributed by atoms with Gasteiger partial charge in [0.05, 0.1) is 11.1 Å². The molecule has 14 heavy (non-hydrogen) atoms. The molecule has 1 aromatic carbocycles. The minimum atomic E-state index is -0.444. The number of hydrogen-bond donors (Lipinski definition) is 0. The predicted octanol–water partition coefficient (Wildman–Crippen LogP) is 1.97. The first-order valence-electron chi connectivity index (χ1n) is 4.16. The summed E-state index contributed by atoms with van der Waals surface area (Å²) < 4.78 is 5.03. The van der Waals surface area contributed by atoms with Gasteiger partial charge < -0.3 is 4.42 Å². The average molecular weight is 185 g/mol. The second-order valence-electron chi connectivity index (χ2n) is 3.00. The van der Waals surface area contributed by atoms with Crippen molar-refractivity contribution in [3.8, 4) is 6.07 Å². The van der Waals surface area contributed by atoms with Gasteiger partial charge in [-0.25, -0.2) is 4.79 Å². The second kappa shape index (κ2) is 3.00. The Bertz CT molecular complexity index is 590. The molecule has 2 rings (SSSR count). The third-order valence-electron chi connectivity index (χ3n) is 2.15. The van der Waals surface area contributed by atoms with Crippen LogP contribution in [0.1, 0.15) is 11.1 Å². The molecule has 0 fully saturated rings. The van der Waals surface area contributed by atoms with E-state index in [1.165, 1.54) is 0 Å². The van der Waals surface area contributed by atoms with Gasteiger partial charge in [0.15, 0.2) is 0 Å². The van der Waals surface area contributed by atoms with Gasteiger partial charge >= 0.3 is 5.63 Å². The fourth-order valence-corrected chi connectivity index (χ4v) is 1.39. The molecule has 0 bridgehead atoms. The number of benzene rings is 1. The van der Waals surface area contributed by atoms with Crippen LogP contribution in [0, 0.1) is 18.3 Å². The van der Waals surface area contributed by atoms with Gasteiger partial charge in [0.25, 0.3) is 0 Å². The molecule has 0 radical (unpaired) electrons. The highest BCUT2D eigenvalue weighted by Crippen LogP contribution is 2.17. The van der Waals surface area contributed by atoms with E-state index in [4.69, 9.17) is 9.68 Å². The standard InChI is InChI=1S/C11H7NO2/c1-7-9(6-12)8-4-2-3-5-10(8)14-11(7)13/h2-5H,1H3. The van der Waals surface area contributed by atoms with Crippen LogP contribution in [0.5, 0.6) is 0 Å². The van der Waals surface area contributed by atoms with Gasteiger partial charge in [-0.1, -0.05) is 12.1 Å². The van der Waals surface area contributed by atoms with Gasteiger partial charge in [-0.05, 0) is 19.1 Å². The van der Waals surface area contributed by atoms with E-state index < -0.39 is 5.63 Å². The summed E-state index contributed by atoms with van der Waals surface area (Å²) in [4.78, 5) is 11.3. The Morgan fingerprint density at radius 3 is 2.79 bits per heavy atom. The highest BCUT2D eigenvalue weighted by Gasteiger charge is 2.09. The van der Waals surface area contributed by atoms with E-state index in [9.17, 15) is 4.79 Å². The largest absolute Gasteiger partial charge is 0.422 e. The number of para-hydroxylation sites is 1. The smallest absolute Gasteiger partial charge is 0.340 e. The quantitative estimate of drug-likeness (QED) is 0.589. The van der Waals surface area contributed by atoms with Crippen LogP contribution in [-0.2, 0) is 0 Å². The summed E-state index contributed by atoms with van der Waals surface area (Å²) in [7, 11) is 0. The molecule has 0 aliphatic carbocycles. The van der Waals surface area contributed by atoms with E-state index in [0.717, 1.165) is 0 Å². The summed E-state index contributed by atoms with van der Waals surface area (Å²) in [6, 6.07) is 9.04. The fraction of sp³-hybridized carbons (Fsp3) is 0.0909. The van der Waals surface area contributed by atoms with Crippen molar-refractivity contribution in [3.05, 3.63) is 45.8 Å². The van der Waals surface area contributed by atoms with Crippen molar-refractivity contribution in [3.63, 3.8) is 0 Å². The maximum atomic E-state index is 11.3. The molecule has 0 unspecified atom stereocenters. The van der Waals surface area contributed by atoms with Crippen LogP contribution in [0.3, 0.4) is 0 Å². The SMILES string of the molecule is Cc1c(C#N)c2ccccc2oc1=O. The molecular formula is C11H7NO2. The third-order valence-corrected chi connectivity index (χ3v) is 2.15. The van der Waals surface area contributed by atoms with Gasteiger partial charge in [0, 0.05) is 5.39 Å². The normalized spacial score (nSPS) is 10.0. The Morgan fingerprint density at radius 2 is 2.07 bits per heavy atom. The van der Waals surface area contributed by atoms with E-state index >= 15 is 0 Å². The molecule has 1 aromatic heterocycles. The van der Waals surface area contributed by atoms with Crippen molar-refractivity contribution in [2.24, 2.45) is 0 Å². The minimum Gasteiger partial charge on any atom is -0.422 e. The topological polar surface area (TPSA) is 54.0 Å². The molecule has 0 atom stereocenters. The highest BCUT2D eigenvalue weighted by atomic mass is 16.4. The summed E-state index contributed by atoms with van der Waals surface area (Å²) in [6.45, 7) is 1.59. The van der Waals surface area contributed by atoms with E-state index in [0.29, 0.717) is 22.1 Å². The van der Waals surface area contributed by atoms with Crippen LogP contribution in [0.4, 0.5) is 0 Å². The molecule has 2 aromatic rings. The number of nitrogens with zero attached hydrogens (tertiary/aromatic N) is 1. The zero-order valence-corrected chi connectivity index (χ0v) is 7.57. The lowest BCUT2D eigenvalue weighted by Crippen LogP contribution is -2.05. The fourth-order valence-electron chi connectivity index (χ4n) is 1.39. The number of hydrogen-bond acceptors (Lipinski definition) is 3. The zero-order valence-electron chi connectivity index (χ0n) is 7.57. The Kier molecular flexibility index (Phi) is 1.83. The molecule has 3 heteroatoms. The molecule has 0 saturated heterocycles. The van der Waals surface area contributed by atoms with E-state index in [1.807, 2.05) is 12.1 Å². The lowest BCUT2D eigenvalue weighted by atomic mass is 10.1. The molecule has 68 valence electrons. The molecular weight excluding hydrogens is 178 g/mol.